The standard InChI is InChI=1S/C30H30F6O2/c1-3-4-18-5-6-20(26(32)25(18)31)16-38-21-10-7-17(8-11-21)22-13-14-24(30(36)28(22)34)23-12-9-19(15-37-2)27(33)29(23)35/h5-6,9,12-14,17,21H,3-4,7-8,10-11,15-16H2,1-2H3. The normalized spacial score (nSPS) is 17.7. The Morgan fingerprint density at radius 3 is 1.82 bits per heavy atom. The Morgan fingerprint density at radius 2 is 1.16 bits per heavy atom. The maximum atomic E-state index is 15.1. The van der Waals surface area contributed by atoms with Gasteiger partial charge in [0.1, 0.15) is 0 Å². The summed E-state index contributed by atoms with van der Waals surface area (Å²) in [6.07, 6.45) is 3.01. The topological polar surface area (TPSA) is 18.5 Å². The molecule has 1 saturated carbocycles. The number of hydrogen-bond donors (Lipinski definition) is 0. The Morgan fingerprint density at radius 1 is 0.632 bits per heavy atom. The molecule has 3 aromatic rings. The van der Waals surface area contributed by atoms with Crippen LogP contribution in [0.4, 0.5) is 26.3 Å². The van der Waals surface area contributed by atoms with Gasteiger partial charge in [-0.3, -0.25) is 0 Å². The molecule has 204 valence electrons. The third-order valence-electron chi connectivity index (χ3n) is 7.21. The Hall–Kier alpha value is -2.84. The van der Waals surface area contributed by atoms with E-state index >= 15 is 8.78 Å². The van der Waals surface area contributed by atoms with E-state index in [0.717, 1.165) is 0 Å². The monoisotopic (exact) mass is 536 g/mol. The van der Waals surface area contributed by atoms with Crippen molar-refractivity contribution in [3.63, 3.8) is 0 Å². The quantitative estimate of drug-likeness (QED) is 0.255. The molecule has 0 aromatic heterocycles. The van der Waals surface area contributed by atoms with Crippen LogP contribution in [0.2, 0.25) is 0 Å². The molecular formula is C30H30F6O2. The second-order valence-electron chi connectivity index (χ2n) is 9.71. The van der Waals surface area contributed by atoms with Gasteiger partial charge in [-0.25, -0.2) is 26.3 Å². The molecule has 1 aliphatic carbocycles. The number of ether oxygens (including phenoxy) is 2. The van der Waals surface area contributed by atoms with E-state index in [2.05, 4.69) is 0 Å². The van der Waals surface area contributed by atoms with Crippen LogP contribution in [0.15, 0.2) is 36.4 Å². The van der Waals surface area contributed by atoms with Crippen LogP contribution in [0, 0.1) is 34.9 Å². The molecule has 0 aliphatic heterocycles. The second kappa shape index (κ2) is 12.3. The summed E-state index contributed by atoms with van der Waals surface area (Å²) in [6.45, 7) is 1.66. The fraction of sp³-hybridized carbons (Fsp3) is 0.400. The fourth-order valence-electron chi connectivity index (χ4n) is 5.10. The van der Waals surface area contributed by atoms with E-state index in [0.29, 0.717) is 44.1 Å². The summed E-state index contributed by atoms with van der Waals surface area (Å²) < 4.78 is 98.2. The predicted molar refractivity (Wildman–Crippen MR) is 133 cm³/mol. The van der Waals surface area contributed by atoms with Gasteiger partial charge in [0.05, 0.1) is 19.3 Å². The van der Waals surface area contributed by atoms with Gasteiger partial charge >= 0.3 is 0 Å². The molecule has 0 radical (unpaired) electrons. The number of halogens is 6. The summed E-state index contributed by atoms with van der Waals surface area (Å²) in [5.74, 6) is -6.77. The average molecular weight is 537 g/mol. The van der Waals surface area contributed by atoms with Crippen LogP contribution in [0.5, 0.6) is 0 Å². The van der Waals surface area contributed by atoms with Gasteiger partial charge in [-0.05, 0) is 49.1 Å². The minimum atomic E-state index is -1.26. The molecule has 0 heterocycles. The molecular weight excluding hydrogens is 506 g/mol. The largest absolute Gasteiger partial charge is 0.380 e. The van der Waals surface area contributed by atoms with Gasteiger partial charge in [-0.15, -0.1) is 0 Å². The zero-order valence-corrected chi connectivity index (χ0v) is 21.4. The van der Waals surface area contributed by atoms with Gasteiger partial charge in [0, 0.05) is 29.4 Å². The first-order chi connectivity index (χ1) is 18.3. The van der Waals surface area contributed by atoms with E-state index in [9.17, 15) is 17.6 Å². The highest BCUT2D eigenvalue weighted by molar-refractivity contribution is 5.66. The summed E-state index contributed by atoms with van der Waals surface area (Å²) in [6, 6.07) is 8.28. The molecule has 0 atom stereocenters. The van der Waals surface area contributed by atoms with E-state index in [1.165, 1.54) is 37.4 Å². The molecule has 3 aromatic carbocycles. The molecule has 0 spiro atoms. The number of rotatable bonds is 9. The molecule has 0 unspecified atom stereocenters. The molecule has 1 aliphatic rings. The second-order valence-corrected chi connectivity index (χ2v) is 9.71. The van der Waals surface area contributed by atoms with Crippen LogP contribution in [0.25, 0.3) is 11.1 Å². The first-order valence-electron chi connectivity index (χ1n) is 12.8. The molecule has 0 N–H and O–H groups in total. The van der Waals surface area contributed by atoms with Crippen LogP contribution in [-0.4, -0.2) is 13.2 Å². The van der Waals surface area contributed by atoms with E-state index in [1.807, 2.05) is 6.92 Å². The van der Waals surface area contributed by atoms with Crippen molar-refractivity contribution in [2.24, 2.45) is 0 Å². The summed E-state index contributed by atoms with van der Waals surface area (Å²) in [7, 11) is 1.34. The lowest BCUT2D eigenvalue weighted by Crippen LogP contribution is -2.22. The Bertz CT molecular complexity index is 1280. The van der Waals surface area contributed by atoms with Crippen molar-refractivity contribution >= 4 is 0 Å². The van der Waals surface area contributed by atoms with Gasteiger partial charge < -0.3 is 9.47 Å². The van der Waals surface area contributed by atoms with Crippen molar-refractivity contribution in [2.45, 2.75) is 70.7 Å². The summed E-state index contributed by atoms with van der Waals surface area (Å²) in [5, 5.41) is 0. The van der Waals surface area contributed by atoms with Crippen molar-refractivity contribution in [3.8, 4) is 11.1 Å². The minimum Gasteiger partial charge on any atom is -0.380 e. The number of aryl methyl sites for hydroxylation is 1. The molecule has 0 saturated heterocycles. The average Bonchev–Trinajstić information content (AvgIpc) is 2.92. The van der Waals surface area contributed by atoms with E-state index < -0.39 is 34.9 Å². The maximum absolute atomic E-state index is 15.1. The lowest BCUT2D eigenvalue weighted by atomic mass is 9.82. The van der Waals surface area contributed by atoms with E-state index in [1.54, 1.807) is 6.07 Å². The molecule has 4 rings (SSSR count). The number of benzene rings is 3. The van der Waals surface area contributed by atoms with E-state index in [-0.39, 0.29) is 53.1 Å². The SMILES string of the molecule is CCCc1ccc(COC2CCC(c3ccc(-c4ccc(COC)c(F)c4F)c(F)c3F)CC2)c(F)c1F. The lowest BCUT2D eigenvalue weighted by molar-refractivity contribution is 0.0116. The van der Waals surface area contributed by atoms with Crippen molar-refractivity contribution < 1.29 is 35.8 Å². The number of methoxy groups -OCH3 is 1. The van der Waals surface area contributed by atoms with Gasteiger partial charge in [-0.2, -0.15) is 0 Å². The highest BCUT2D eigenvalue weighted by atomic mass is 19.2. The first-order valence-corrected chi connectivity index (χ1v) is 12.8. The minimum absolute atomic E-state index is 0.0217. The molecule has 8 heteroatoms. The zero-order valence-electron chi connectivity index (χ0n) is 21.4. The van der Waals surface area contributed by atoms with Gasteiger partial charge in [-0.1, -0.05) is 49.7 Å². The highest BCUT2D eigenvalue weighted by Crippen LogP contribution is 2.39. The lowest BCUT2D eigenvalue weighted by Gasteiger charge is -2.29. The first kappa shape index (κ1) is 28.2. The van der Waals surface area contributed by atoms with Crippen molar-refractivity contribution in [3.05, 3.63) is 93.6 Å². The van der Waals surface area contributed by atoms with Crippen molar-refractivity contribution in [2.75, 3.05) is 7.11 Å². The zero-order chi connectivity index (χ0) is 27.4. The molecule has 0 amide bonds. The van der Waals surface area contributed by atoms with Crippen LogP contribution < -0.4 is 0 Å². The van der Waals surface area contributed by atoms with Crippen LogP contribution >= 0.6 is 0 Å². The molecule has 0 bridgehead atoms. The molecule has 2 nitrogen and oxygen atoms in total. The maximum Gasteiger partial charge on any atom is 0.167 e. The van der Waals surface area contributed by atoms with Crippen LogP contribution in [0.3, 0.4) is 0 Å². The van der Waals surface area contributed by atoms with Crippen molar-refractivity contribution in [1.82, 2.24) is 0 Å². The van der Waals surface area contributed by atoms with E-state index in [4.69, 9.17) is 9.47 Å². The highest BCUT2D eigenvalue weighted by Gasteiger charge is 2.28. The third-order valence-corrected chi connectivity index (χ3v) is 7.21. The van der Waals surface area contributed by atoms with Gasteiger partial charge in [0.25, 0.3) is 0 Å². The summed E-state index contributed by atoms with van der Waals surface area (Å²) >= 11 is 0. The molecule has 1 fully saturated rings. The van der Waals surface area contributed by atoms with Gasteiger partial charge in [0.2, 0.25) is 0 Å². The summed E-state index contributed by atoms with van der Waals surface area (Å²) in [5.41, 5.74) is -0.0953. The number of hydrogen-bond acceptors (Lipinski definition) is 2. The summed E-state index contributed by atoms with van der Waals surface area (Å²) in [4.78, 5) is 0. The third kappa shape index (κ3) is 5.76. The smallest absolute Gasteiger partial charge is 0.167 e. The predicted octanol–water partition coefficient (Wildman–Crippen LogP) is 8.53. The van der Waals surface area contributed by atoms with Crippen LogP contribution in [0.1, 0.15) is 67.2 Å². The van der Waals surface area contributed by atoms with Crippen LogP contribution in [-0.2, 0) is 29.1 Å². The van der Waals surface area contributed by atoms with Gasteiger partial charge in [0.15, 0.2) is 34.9 Å². The molecule has 38 heavy (non-hydrogen) atoms. The Labute approximate surface area is 218 Å². The fourth-order valence-corrected chi connectivity index (χ4v) is 5.10. The Kier molecular flexibility index (Phi) is 9.15. The van der Waals surface area contributed by atoms with Crippen molar-refractivity contribution in [1.29, 1.82) is 0 Å². The Balaban J connectivity index is 1.41.